The lowest BCUT2D eigenvalue weighted by atomic mass is 10.0. The van der Waals surface area contributed by atoms with E-state index in [1.165, 1.54) is 11.8 Å². The highest BCUT2D eigenvalue weighted by molar-refractivity contribution is 7.18. The molecule has 128 valence electrons. The molecule has 2 N–H and O–H groups in total. The van der Waals surface area contributed by atoms with Gasteiger partial charge in [-0.1, -0.05) is 12.1 Å². The Balaban J connectivity index is 1.80. The number of aromatic nitrogens is 1. The van der Waals surface area contributed by atoms with Crippen molar-refractivity contribution < 1.29 is 14.7 Å². The van der Waals surface area contributed by atoms with Gasteiger partial charge in [0.15, 0.2) is 0 Å². The number of carbonyl (C=O) groups excluding carboxylic acids is 2. The number of β-amino-alcohol motifs (C(OH)–C–C–N with tert-alkyl or cyclic N) is 1. The van der Waals surface area contributed by atoms with E-state index in [9.17, 15) is 14.7 Å². The number of thiazole rings is 1. The van der Waals surface area contributed by atoms with Gasteiger partial charge in [-0.2, -0.15) is 0 Å². The summed E-state index contributed by atoms with van der Waals surface area (Å²) in [6, 6.07) is 7.20. The summed E-state index contributed by atoms with van der Waals surface area (Å²) < 4.78 is 1.07. The number of aliphatic hydroxyl groups excluding tert-OH is 1. The molecular weight excluding hydrogens is 326 g/mol. The number of nitrogens with one attached hydrogen (secondary N) is 1. The summed E-state index contributed by atoms with van der Waals surface area (Å²) in [6.45, 7) is 5.41. The highest BCUT2D eigenvalue weighted by atomic mass is 32.1. The van der Waals surface area contributed by atoms with Gasteiger partial charge in [0.25, 0.3) is 0 Å². The Hall–Kier alpha value is -1.99. The second-order valence-electron chi connectivity index (χ2n) is 6.68. The van der Waals surface area contributed by atoms with Crippen LogP contribution < -0.4 is 5.32 Å². The third kappa shape index (κ3) is 3.14. The van der Waals surface area contributed by atoms with E-state index in [4.69, 9.17) is 0 Å². The van der Waals surface area contributed by atoms with Crippen LogP contribution in [0.4, 0.5) is 0 Å². The van der Waals surface area contributed by atoms with Gasteiger partial charge in [0.1, 0.15) is 11.0 Å². The molecule has 3 rings (SSSR count). The molecule has 1 aliphatic heterocycles. The molecule has 2 amide bonds. The Morgan fingerprint density at radius 2 is 2.08 bits per heavy atom. The van der Waals surface area contributed by atoms with Crippen molar-refractivity contribution in [2.75, 3.05) is 6.54 Å². The third-order valence-corrected chi connectivity index (χ3v) is 5.61. The molecule has 1 fully saturated rings. The van der Waals surface area contributed by atoms with E-state index in [-0.39, 0.29) is 24.8 Å². The Kier molecular flexibility index (Phi) is 4.31. The number of rotatable bonds is 3. The van der Waals surface area contributed by atoms with Gasteiger partial charge in [0.2, 0.25) is 11.8 Å². The smallest absolute Gasteiger partial charge is 0.243 e. The number of fused-ring (bicyclic) bond motifs is 1. The lowest BCUT2D eigenvalue weighted by molar-refractivity contribution is -0.137. The summed E-state index contributed by atoms with van der Waals surface area (Å²) in [5.41, 5.74) is 0.248. The second kappa shape index (κ2) is 6.14. The van der Waals surface area contributed by atoms with Gasteiger partial charge in [-0.3, -0.25) is 9.59 Å². The third-order valence-electron chi connectivity index (χ3n) is 4.25. The zero-order valence-corrected chi connectivity index (χ0v) is 14.8. The number of hydrogen-bond donors (Lipinski definition) is 2. The van der Waals surface area contributed by atoms with Crippen LogP contribution in [0.15, 0.2) is 24.3 Å². The van der Waals surface area contributed by atoms with Crippen molar-refractivity contribution in [3.8, 4) is 0 Å². The van der Waals surface area contributed by atoms with Crippen molar-refractivity contribution in [1.29, 1.82) is 0 Å². The molecule has 1 aliphatic rings. The molecule has 2 aromatic rings. The maximum atomic E-state index is 12.7. The van der Waals surface area contributed by atoms with E-state index in [1.807, 2.05) is 38.1 Å². The standard InChI is InChI=1S/C17H21N3O3S/c1-10(21)20-9-11(22)8-13(20)15(23)19-17(2,3)16-18-12-6-4-5-7-14(12)24-16/h4-7,11,13,22H,8-9H2,1-3H3,(H,19,23)/t11-,13-/m1/s1. The fraction of sp³-hybridized carbons (Fsp3) is 0.471. The van der Waals surface area contributed by atoms with Gasteiger partial charge < -0.3 is 15.3 Å². The van der Waals surface area contributed by atoms with Gasteiger partial charge in [-0.15, -0.1) is 11.3 Å². The van der Waals surface area contributed by atoms with Gasteiger partial charge >= 0.3 is 0 Å². The minimum absolute atomic E-state index is 0.203. The largest absolute Gasteiger partial charge is 0.391 e. The lowest BCUT2D eigenvalue weighted by Gasteiger charge is -2.28. The first-order valence-electron chi connectivity index (χ1n) is 7.91. The van der Waals surface area contributed by atoms with Crippen LogP contribution >= 0.6 is 11.3 Å². The second-order valence-corrected chi connectivity index (χ2v) is 7.71. The molecule has 1 aromatic carbocycles. The Labute approximate surface area is 144 Å². The molecule has 1 aromatic heterocycles. The van der Waals surface area contributed by atoms with E-state index in [0.717, 1.165) is 15.2 Å². The van der Waals surface area contributed by atoms with Crippen LogP contribution in [-0.2, 0) is 15.1 Å². The SMILES string of the molecule is CC(=O)N1C[C@H](O)C[C@@H]1C(=O)NC(C)(C)c1nc2ccccc2s1. The molecule has 0 saturated carbocycles. The van der Waals surface area contributed by atoms with E-state index in [1.54, 1.807) is 11.3 Å². The van der Waals surface area contributed by atoms with Crippen molar-refractivity contribution in [1.82, 2.24) is 15.2 Å². The summed E-state index contributed by atoms with van der Waals surface area (Å²) >= 11 is 1.54. The molecule has 0 unspecified atom stereocenters. The quantitative estimate of drug-likeness (QED) is 0.884. The average Bonchev–Trinajstić information content (AvgIpc) is 3.10. The number of amides is 2. The van der Waals surface area contributed by atoms with Crippen LogP contribution in [0.25, 0.3) is 10.2 Å². The molecular formula is C17H21N3O3S. The number of nitrogens with zero attached hydrogens (tertiary/aromatic N) is 2. The first-order chi connectivity index (χ1) is 11.3. The molecule has 1 saturated heterocycles. The van der Waals surface area contributed by atoms with Crippen molar-refractivity contribution in [3.05, 3.63) is 29.3 Å². The van der Waals surface area contributed by atoms with Crippen molar-refractivity contribution in [2.24, 2.45) is 0 Å². The zero-order chi connectivity index (χ0) is 17.5. The number of benzene rings is 1. The van der Waals surface area contributed by atoms with Crippen LogP contribution in [0.3, 0.4) is 0 Å². The fourth-order valence-electron chi connectivity index (χ4n) is 2.99. The molecule has 0 spiro atoms. The number of likely N-dealkylation sites (tertiary alicyclic amines) is 1. The van der Waals surface area contributed by atoms with Crippen molar-refractivity contribution >= 4 is 33.4 Å². The van der Waals surface area contributed by atoms with Gasteiger partial charge in [-0.05, 0) is 26.0 Å². The first-order valence-corrected chi connectivity index (χ1v) is 8.73. The fourth-order valence-corrected chi connectivity index (χ4v) is 4.02. The summed E-state index contributed by atoms with van der Waals surface area (Å²) in [5, 5.41) is 13.6. The molecule has 24 heavy (non-hydrogen) atoms. The summed E-state index contributed by atoms with van der Waals surface area (Å²) in [4.78, 5) is 30.4. The van der Waals surface area contributed by atoms with Crippen LogP contribution in [0.2, 0.25) is 0 Å². The maximum Gasteiger partial charge on any atom is 0.243 e. The zero-order valence-electron chi connectivity index (χ0n) is 13.9. The van der Waals surface area contributed by atoms with Crippen LogP contribution in [0.5, 0.6) is 0 Å². The first kappa shape index (κ1) is 16.9. The normalized spacial score (nSPS) is 21.2. The molecule has 2 heterocycles. The Bertz CT molecular complexity index is 753. The van der Waals surface area contributed by atoms with Crippen molar-refractivity contribution in [2.45, 2.75) is 44.9 Å². The van der Waals surface area contributed by atoms with Gasteiger partial charge in [0, 0.05) is 19.9 Å². The summed E-state index contributed by atoms with van der Waals surface area (Å²) in [7, 11) is 0. The highest BCUT2D eigenvalue weighted by Crippen LogP contribution is 2.30. The van der Waals surface area contributed by atoms with E-state index in [0.29, 0.717) is 0 Å². The van der Waals surface area contributed by atoms with Crippen LogP contribution in [0, 0.1) is 0 Å². The van der Waals surface area contributed by atoms with E-state index in [2.05, 4.69) is 10.3 Å². The molecule has 0 radical (unpaired) electrons. The molecule has 2 atom stereocenters. The van der Waals surface area contributed by atoms with Crippen molar-refractivity contribution in [3.63, 3.8) is 0 Å². The number of hydrogen-bond acceptors (Lipinski definition) is 5. The van der Waals surface area contributed by atoms with E-state index >= 15 is 0 Å². The van der Waals surface area contributed by atoms with E-state index < -0.39 is 17.7 Å². The predicted octanol–water partition coefficient (Wildman–Crippen LogP) is 1.63. The minimum atomic E-state index is -0.657. The highest BCUT2D eigenvalue weighted by Gasteiger charge is 2.39. The molecule has 7 heteroatoms. The van der Waals surface area contributed by atoms with Crippen LogP contribution in [0.1, 0.15) is 32.2 Å². The number of para-hydroxylation sites is 1. The summed E-state index contributed by atoms with van der Waals surface area (Å²) in [5.74, 6) is -0.463. The molecule has 0 bridgehead atoms. The van der Waals surface area contributed by atoms with Gasteiger partial charge in [-0.25, -0.2) is 4.98 Å². The minimum Gasteiger partial charge on any atom is -0.391 e. The van der Waals surface area contributed by atoms with Crippen LogP contribution in [-0.4, -0.2) is 45.5 Å². The monoisotopic (exact) mass is 347 g/mol. The topological polar surface area (TPSA) is 82.5 Å². The number of aliphatic hydroxyl groups is 1. The molecule has 0 aliphatic carbocycles. The van der Waals surface area contributed by atoms with Gasteiger partial charge in [0.05, 0.1) is 21.9 Å². The maximum absolute atomic E-state index is 12.7. The lowest BCUT2D eigenvalue weighted by Crippen LogP contribution is -2.50. The Morgan fingerprint density at radius 1 is 1.38 bits per heavy atom. The number of carbonyl (C=O) groups is 2. The Morgan fingerprint density at radius 3 is 2.75 bits per heavy atom. The molecule has 6 nitrogen and oxygen atoms in total. The average molecular weight is 347 g/mol. The predicted molar refractivity (Wildman–Crippen MR) is 92.6 cm³/mol. The summed E-state index contributed by atoms with van der Waals surface area (Å²) in [6.07, 6.45) is -0.392.